The molecular formula is C41H78O2. The van der Waals surface area contributed by atoms with Crippen LogP contribution in [-0.2, 0) is 9.53 Å². The van der Waals surface area contributed by atoms with E-state index in [-0.39, 0.29) is 12.1 Å². The lowest BCUT2D eigenvalue weighted by molar-refractivity contribution is -0.149. The second-order valence-corrected chi connectivity index (χ2v) is 13.3. The fourth-order valence-corrected chi connectivity index (χ4v) is 5.95. The minimum Gasteiger partial charge on any atom is -0.462 e. The van der Waals surface area contributed by atoms with Gasteiger partial charge in [-0.3, -0.25) is 4.79 Å². The number of carbonyl (C=O) groups excluding carboxylic acids is 1. The third-order valence-electron chi connectivity index (χ3n) is 8.83. The van der Waals surface area contributed by atoms with E-state index in [4.69, 9.17) is 4.74 Å². The molecule has 0 amide bonds. The summed E-state index contributed by atoms with van der Waals surface area (Å²) >= 11 is 0. The van der Waals surface area contributed by atoms with Crippen LogP contribution >= 0.6 is 0 Å². The van der Waals surface area contributed by atoms with Gasteiger partial charge < -0.3 is 4.74 Å². The van der Waals surface area contributed by atoms with Crippen LogP contribution in [0.15, 0.2) is 24.3 Å². The Morgan fingerprint density at radius 1 is 0.419 bits per heavy atom. The number of allylic oxidation sites excluding steroid dienone is 4. The lowest BCUT2D eigenvalue weighted by atomic mass is 10.0. The summed E-state index contributed by atoms with van der Waals surface area (Å²) in [5, 5.41) is 0. The molecule has 254 valence electrons. The Labute approximate surface area is 271 Å². The fraction of sp³-hybridized carbons (Fsp3) is 0.878. The summed E-state index contributed by atoms with van der Waals surface area (Å²) in [6, 6.07) is 0. The van der Waals surface area contributed by atoms with E-state index >= 15 is 0 Å². The monoisotopic (exact) mass is 603 g/mol. The number of hydrogen-bond donors (Lipinski definition) is 0. The van der Waals surface area contributed by atoms with Crippen molar-refractivity contribution in [1.82, 2.24) is 0 Å². The molecule has 0 bridgehead atoms. The molecule has 2 heteroatoms. The third kappa shape index (κ3) is 35.3. The first kappa shape index (κ1) is 42.0. The number of rotatable bonds is 35. The van der Waals surface area contributed by atoms with Gasteiger partial charge in [0, 0.05) is 6.42 Å². The van der Waals surface area contributed by atoms with Gasteiger partial charge in [-0.25, -0.2) is 0 Å². The summed E-state index contributed by atoms with van der Waals surface area (Å²) in [4.78, 5) is 12.2. The van der Waals surface area contributed by atoms with Gasteiger partial charge in [0.05, 0.1) is 0 Å². The number of ether oxygens (including phenoxy) is 1. The van der Waals surface area contributed by atoms with Crippen molar-refractivity contribution in [3.05, 3.63) is 24.3 Å². The quantitative estimate of drug-likeness (QED) is 0.0410. The van der Waals surface area contributed by atoms with Crippen LogP contribution in [0.3, 0.4) is 0 Å². The Bertz CT molecular complexity index is 551. The van der Waals surface area contributed by atoms with Crippen molar-refractivity contribution in [2.75, 3.05) is 0 Å². The maximum absolute atomic E-state index is 12.2. The highest BCUT2D eigenvalue weighted by Crippen LogP contribution is 2.18. The molecule has 0 aliphatic heterocycles. The van der Waals surface area contributed by atoms with Crippen molar-refractivity contribution < 1.29 is 9.53 Å². The lowest BCUT2D eigenvalue weighted by Crippen LogP contribution is -2.18. The Balaban J connectivity index is 3.74. The molecule has 43 heavy (non-hydrogen) atoms. The number of carbonyl (C=O) groups is 1. The molecule has 0 spiro atoms. The largest absolute Gasteiger partial charge is 0.462 e. The maximum atomic E-state index is 12.2. The van der Waals surface area contributed by atoms with Gasteiger partial charge in [0.2, 0.25) is 0 Å². The molecule has 0 unspecified atom stereocenters. The van der Waals surface area contributed by atoms with E-state index in [0.717, 1.165) is 19.3 Å². The summed E-state index contributed by atoms with van der Waals surface area (Å²) in [6.07, 6.45) is 50.8. The van der Waals surface area contributed by atoms with Crippen molar-refractivity contribution in [1.29, 1.82) is 0 Å². The van der Waals surface area contributed by atoms with E-state index in [1.165, 1.54) is 180 Å². The van der Waals surface area contributed by atoms with E-state index in [1.807, 2.05) is 0 Å². The predicted octanol–water partition coefficient (Wildman–Crippen LogP) is 14.6. The van der Waals surface area contributed by atoms with Crippen molar-refractivity contribution in [2.24, 2.45) is 0 Å². The van der Waals surface area contributed by atoms with E-state index in [2.05, 4.69) is 45.1 Å². The van der Waals surface area contributed by atoms with Crippen LogP contribution in [-0.4, -0.2) is 12.1 Å². The van der Waals surface area contributed by atoms with Gasteiger partial charge in [-0.15, -0.1) is 0 Å². The molecule has 0 aromatic carbocycles. The smallest absolute Gasteiger partial charge is 0.306 e. The molecule has 0 aromatic rings. The summed E-state index contributed by atoms with van der Waals surface area (Å²) < 4.78 is 5.89. The van der Waals surface area contributed by atoms with Gasteiger partial charge in [0.15, 0.2) is 0 Å². The van der Waals surface area contributed by atoms with Gasteiger partial charge >= 0.3 is 5.97 Å². The summed E-state index contributed by atoms with van der Waals surface area (Å²) in [5.41, 5.74) is 0. The van der Waals surface area contributed by atoms with Crippen LogP contribution in [0.2, 0.25) is 0 Å². The molecular weight excluding hydrogens is 524 g/mol. The Hall–Kier alpha value is -1.05. The van der Waals surface area contributed by atoms with Gasteiger partial charge in [0.1, 0.15) is 6.10 Å². The summed E-state index contributed by atoms with van der Waals surface area (Å²) in [7, 11) is 0. The standard InChI is InChI=1S/C41H78O2/c1-4-7-9-11-13-15-17-19-21-23-25-27-29-31-33-35-38-40(43-41(42)37-6-3)39-36-34-32-30-28-26-24-22-20-18-16-14-12-10-8-5-2/h19-22,40H,4-18,23-39H2,1-3H3/b21-19-,22-20-. The van der Waals surface area contributed by atoms with Crippen LogP contribution in [0.25, 0.3) is 0 Å². The van der Waals surface area contributed by atoms with Crippen molar-refractivity contribution in [3.63, 3.8) is 0 Å². The molecule has 0 N–H and O–H groups in total. The van der Waals surface area contributed by atoms with Crippen LogP contribution in [0.1, 0.15) is 226 Å². The molecule has 0 aromatic heterocycles. The lowest BCUT2D eigenvalue weighted by Gasteiger charge is -2.18. The van der Waals surface area contributed by atoms with Crippen molar-refractivity contribution in [3.8, 4) is 0 Å². The minimum atomic E-state index is 0.0154. The highest BCUT2D eigenvalue weighted by Gasteiger charge is 2.13. The van der Waals surface area contributed by atoms with Gasteiger partial charge in [-0.1, -0.05) is 161 Å². The SMILES string of the molecule is CCCCCCCC/C=C\CCCCCCCCC(CCCCCCCC/C=C\CCCCCCCC)OC(=O)CCC. The molecule has 0 heterocycles. The number of unbranched alkanes of at least 4 members (excludes halogenated alkanes) is 24. The van der Waals surface area contributed by atoms with Gasteiger partial charge in [-0.2, -0.15) is 0 Å². The summed E-state index contributed by atoms with van der Waals surface area (Å²) in [6.45, 7) is 6.63. The van der Waals surface area contributed by atoms with Crippen LogP contribution < -0.4 is 0 Å². The summed E-state index contributed by atoms with van der Waals surface area (Å²) in [5.74, 6) is 0.0154. The molecule has 0 radical (unpaired) electrons. The van der Waals surface area contributed by atoms with Crippen LogP contribution in [0.5, 0.6) is 0 Å². The van der Waals surface area contributed by atoms with Crippen LogP contribution in [0, 0.1) is 0 Å². The Morgan fingerprint density at radius 2 is 0.721 bits per heavy atom. The van der Waals surface area contributed by atoms with Gasteiger partial charge in [0.25, 0.3) is 0 Å². The normalized spacial score (nSPS) is 11.9. The third-order valence-corrected chi connectivity index (χ3v) is 8.83. The maximum Gasteiger partial charge on any atom is 0.306 e. The second kappa shape index (κ2) is 37.1. The minimum absolute atomic E-state index is 0.0154. The number of hydrogen-bond acceptors (Lipinski definition) is 2. The molecule has 0 saturated heterocycles. The predicted molar refractivity (Wildman–Crippen MR) is 193 cm³/mol. The molecule has 2 nitrogen and oxygen atoms in total. The molecule has 0 rings (SSSR count). The number of esters is 1. The van der Waals surface area contributed by atoms with E-state index in [1.54, 1.807) is 0 Å². The second-order valence-electron chi connectivity index (χ2n) is 13.3. The van der Waals surface area contributed by atoms with Crippen LogP contribution in [0.4, 0.5) is 0 Å². The first-order valence-electron chi connectivity index (χ1n) is 19.7. The molecule has 0 saturated carbocycles. The molecule has 0 fully saturated rings. The molecule has 0 aliphatic rings. The highest BCUT2D eigenvalue weighted by atomic mass is 16.5. The Kier molecular flexibility index (Phi) is 36.2. The first-order chi connectivity index (χ1) is 21.2. The first-order valence-corrected chi connectivity index (χ1v) is 19.7. The fourth-order valence-electron chi connectivity index (χ4n) is 5.95. The van der Waals surface area contributed by atoms with Gasteiger partial charge in [-0.05, 0) is 83.5 Å². The zero-order chi connectivity index (χ0) is 31.3. The zero-order valence-corrected chi connectivity index (χ0v) is 29.8. The Morgan fingerprint density at radius 3 is 1.05 bits per heavy atom. The van der Waals surface area contributed by atoms with E-state index in [9.17, 15) is 4.79 Å². The average Bonchev–Trinajstić information content (AvgIpc) is 3.00. The van der Waals surface area contributed by atoms with E-state index in [0.29, 0.717) is 6.42 Å². The van der Waals surface area contributed by atoms with E-state index < -0.39 is 0 Å². The molecule has 0 atom stereocenters. The van der Waals surface area contributed by atoms with Crippen molar-refractivity contribution >= 4 is 5.97 Å². The highest BCUT2D eigenvalue weighted by molar-refractivity contribution is 5.69. The van der Waals surface area contributed by atoms with Crippen molar-refractivity contribution in [2.45, 2.75) is 232 Å². The zero-order valence-electron chi connectivity index (χ0n) is 29.8. The molecule has 0 aliphatic carbocycles. The average molecular weight is 603 g/mol. The topological polar surface area (TPSA) is 26.3 Å².